The zero-order chi connectivity index (χ0) is 13.4. The van der Waals surface area contributed by atoms with Crippen molar-refractivity contribution in [2.75, 3.05) is 13.2 Å². The third-order valence-corrected chi connectivity index (χ3v) is 3.31. The Labute approximate surface area is 117 Å². The van der Waals surface area contributed by atoms with Crippen molar-refractivity contribution in [3.8, 4) is 0 Å². The van der Waals surface area contributed by atoms with Crippen LogP contribution in [-0.2, 0) is 11.3 Å². The topological polar surface area (TPSA) is 65.1 Å². The Kier molecular flexibility index (Phi) is 7.50. The van der Waals surface area contributed by atoms with Gasteiger partial charge in [-0.05, 0) is 35.2 Å². The summed E-state index contributed by atoms with van der Waals surface area (Å²) in [6.07, 6.45) is 4.75. The van der Waals surface area contributed by atoms with Gasteiger partial charge in [-0.2, -0.15) is 5.10 Å². The van der Waals surface area contributed by atoms with Gasteiger partial charge < -0.3 is 4.74 Å². The van der Waals surface area contributed by atoms with Gasteiger partial charge in [-0.25, -0.2) is 0 Å². The molecule has 0 aliphatic carbocycles. The second kappa shape index (κ2) is 8.63. The highest BCUT2D eigenvalue weighted by molar-refractivity contribution is 9.10. The van der Waals surface area contributed by atoms with Gasteiger partial charge in [-0.1, -0.05) is 13.8 Å². The molecule has 6 heteroatoms. The third kappa shape index (κ3) is 4.35. The van der Waals surface area contributed by atoms with Gasteiger partial charge >= 0.3 is 0 Å². The van der Waals surface area contributed by atoms with Crippen LogP contribution in [0.3, 0.4) is 0 Å². The molecule has 104 valence electrons. The van der Waals surface area contributed by atoms with E-state index >= 15 is 0 Å². The van der Waals surface area contributed by atoms with Crippen LogP contribution >= 0.6 is 15.9 Å². The number of nitrogens with one attached hydrogen (secondary N) is 1. The summed E-state index contributed by atoms with van der Waals surface area (Å²) >= 11 is 3.53. The number of hydrogen-bond acceptors (Lipinski definition) is 4. The monoisotopic (exact) mass is 318 g/mol. The normalized spacial score (nSPS) is 12.9. The standard InChI is InChI=1S/C12H23BrN4O/c1-3-6-17-12(10(13)9-15-17)11(16-14)5-8-18-7-4-2/h9,11,16H,3-8,14H2,1-2H3. The SMILES string of the molecule is CCCOCCC(NN)c1c(Br)cnn1CCC. The van der Waals surface area contributed by atoms with Gasteiger partial charge in [0.15, 0.2) is 0 Å². The number of nitrogens with two attached hydrogens (primary N) is 1. The molecule has 1 aromatic rings. The van der Waals surface area contributed by atoms with E-state index in [1.165, 1.54) is 0 Å². The molecule has 0 spiro atoms. The summed E-state index contributed by atoms with van der Waals surface area (Å²) in [5.41, 5.74) is 3.95. The minimum absolute atomic E-state index is 0.0604. The number of hydrogen-bond donors (Lipinski definition) is 2. The Hall–Kier alpha value is -0.430. The molecule has 0 aromatic carbocycles. The second-order valence-corrected chi connectivity index (χ2v) is 5.08. The molecular weight excluding hydrogens is 296 g/mol. The van der Waals surface area contributed by atoms with E-state index in [1.54, 1.807) is 0 Å². The molecule has 0 bridgehead atoms. The van der Waals surface area contributed by atoms with E-state index in [9.17, 15) is 0 Å². The minimum Gasteiger partial charge on any atom is -0.381 e. The molecule has 0 aliphatic rings. The van der Waals surface area contributed by atoms with Gasteiger partial charge in [0.05, 0.1) is 22.4 Å². The summed E-state index contributed by atoms with van der Waals surface area (Å²) in [5, 5.41) is 4.35. The van der Waals surface area contributed by atoms with Gasteiger partial charge in [0.1, 0.15) is 0 Å². The van der Waals surface area contributed by atoms with Gasteiger partial charge in [0.25, 0.3) is 0 Å². The molecule has 0 saturated carbocycles. The molecule has 1 unspecified atom stereocenters. The fourth-order valence-corrected chi connectivity index (χ4v) is 2.43. The number of halogens is 1. The van der Waals surface area contributed by atoms with Crippen LogP contribution in [0.1, 0.15) is 44.8 Å². The molecule has 1 atom stereocenters. The van der Waals surface area contributed by atoms with E-state index in [1.807, 2.05) is 10.9 Å². The number of aryl methyl sites for hydroxylation is 1. The Morgan fingerprint density at radius 1 is 1.44 bits per heavy atom. The number of rotatable bonds is 9. The van der Waals surface area contributed by atoms with Crippen molar-refractivity contribution >= 4 is 15.9 Å². The van der Waals surface area contributed by atoms with Crippen molar-refractivity contribution < 1.29 is 4.74 Å². The first-order chi connectivity index (χ1) is 8.74. The van der Waals surface area contributed by atoms with Crippen molar-refractivity contribution in [2.24, 2.45) is 5.84 Å². The largest absolute Gasteiger partial charge is 0.381 e. The molecule has 1 aromatic heterocycles. The summed E-state index contributed by atoms with van der Waals surface area (Å²) in [6.45, 7) is 6.63. The van der Waals surface area contributed by atoms with Crippen LogP contribution in [0.2, 0.25) is 0 Å². The molecule has 0 aliphatic heterocycles. The smallest absolute Gasteiger partial charge is 0.0710 e. The second-order valence-electron chi connectivity index (χ2n) is 4.22. The van der Waals surface area contributed by atoms with Crippen molar-refractivity contribution in [1.82, 2.24) is 15.2 Å². The highest BCUT2D eigenvalue weighted by Gasteiger charge is 2.18. The van der Waals surface area contributed by atoms with Crippen molar-refractivity contribution in [3.05, 3.63) is 16.4 Å². The van der Waals surface area contributed by atoms with Gasteiger partial charge in [0, 0.05) is 19.8 Å². The molecule has 0 radical (unpaired) electrons. The zero-order valence-electron chi connectivity index (χ0n) is 11.2. The van der Waals surface area contributed by atoms with E-state index in [0.717, 1.165) is 42.6 Å². The lowest BCUT2D eigenvalue weighted by molar-refractivity contribution is 0.123. The summed E-state index contributed by atoms with van der Waals surface area (Å²) < 4.78 is 8.50. The minimum atomic E-state index is 0.0604. The highest BCUT2D eigenvalue weighted by atomic mass is 79.9. The number of hydrazine groups is 1. The zero-order valence-corrected chi connectivity index (χ0v) is 12.7. The molecule has 18 heavy (non-hydrogen) atoms. The van der Waals surface area contributed by atoms with Gasteiger partial charge in [0.2, 0.25) is 0 Å². The van der Waals surface area contributed by atoms with Gasteiger partial charge in [-0.3, -0.25) is 16.0 Å². The van der Waals surface area contributed by atoms with E-state index in [4.69, 9.17) is 10.6 Å². The first-order valence-electron chi connectivity index (χ1n) is 6.49. The van der Waals surface area contributed by atoms with Gasteiger partial charge in [-0.15, -0.1) is 0 Å². The maximum absolute atomic E-state index is 5.65. The summed E-state index contributed by atoms with van der Waals surface area (Å²) in [7, 11) is 0. The Bertz CT molecular complexity index is 343. The van der Waals surface area contributed by atoms with Crippen LogP contribution in [-0.4, -0.2) is 23.0 Å². The highest BCUT2D eigenvalue weighted by Crippen LogP contribution is 2.25. The fourth-order valence-electron chi connectivity index (χ4n) is 1.85. The van der Waals surface area contributed by atoms with E-state index in [2.05, 4.69) is 40.3 Å². The van der Waals surface area contributed by atoms with E-state index < -0.39 is 0 Å². The molecule has 5 nitrogen and oxygen atoms in total. The van der Waals surface area contributed by atoms with E-state index in [0.29, 0.717) is 6.61 Å². The molecule has 1 heterocycles. The van der Waals surface area contributed by atoms with Crippen molar-refractivity contribution in [1.29, 1.82) is 0 Å². The summed E-state index contributed by atoms with van der Waals surface area (Å²) in [4.78, 5) is 0. The lowest BCUT2D eigenvalue weighted by Gasteiger charge is -2.18. The maximum atomic E-state index is 5.65. The van der Waals surface area contributed by atoms with Crippen LogP contribution in [0, 0.1) is 0 Å². The van der Waals surface area contributed by atoms with Crippen molar-refractivity contribution in [3.63, 3.8) is 0 Å². The molecule has 0 amide bonds. The first kappa shape index (κ1) is 15.6. The Morgan fingerprint density at radius 2 is 2.22 bits per heavy atom. The summed E-state index contributed by atoms with van der Waals surface area (Å²) in [5.74, 6) is 5.65. The number of aromatic nitrogens is 2. The van der Waals surface area contributed by atoms with Crippen LogP contribution in [0.4, 0.5) is 0 Å². The number of nitrogens with zero attached hydrogens (tertiary/aromatic N) is 2. The lowest BCUT2D eigenvalue weighted by Crippen LogP contribution is -2.31. The molecule has 1 rings (SSSR count). The number of ether oxygens (including phenoxy) is 1. The summed E-state index contributed by atoms with van der Waals surface area (Å²) in [6, 6.07) is 0.0604. The van der Waals surface area contributed by atoms with Crippen LogP contribution < -0.4 is 11.3 Å². The average molecular weight is 319 g/mol. The molecule has 0 saturated heterocycles. The van der Waals surface area contributed by atoms with E-state index in [-0.39, 0.29) is 6.04 Å². The fraction of sp³-hybridized carbons (Fsp3) is 0.750. The quantitative estimate of drug-likeness (QED) is 0.417. The lowest BCUT2D eigenvalue weighted by atomic mass is 10.1. The molecule has 3 N–H and O–H groups in total. The van der Waals surface area contributed by atoms with Crippen LogP contribution in [0.15, 0.2) is 10.7 Å². The average Bonchev–Trinajstić information content (AvgIpc) is 2.72. The van der Waals surface area contributed by atoms with Crippen LogP contribution in [0.5, 0.6) is 0 Å². The van der Waals surface area contributed by atoms with Crippen molar-refractivity contribution in [2.45, 2.75) is 45.7 Å². The maximum Gasteiger partial charge on any atom is 0.0710 e. The first-order valence-corrected chi connectivity index (χ1v) is 7.28. The Morgan fingerprint density at radius 3 is 2.83 bits per heavy atom. The van der Waals surface area contributed by atoms with Crippen LogP contribution in [0.25, 0.3) is 0 Å². The molecular formula is C12H23BrN4O. The Balaban J connectivity index is 2.65. The predicted octanol–water partition coefficient (Wildman–Crippen LogP) is 2.38. The predicted molar refractivity (Wildman–Crippen MR) is 76.0 cm³/mol. The third-order valence-electron chi connectivity index (χ3n) is 2.70. The molecule has 0 fully saturated rings.